The molecule has 8 heteroatoms. The summed E-state index contributed by atoms with van der Waals surface area (Å²) < 4.78 is 7.06. The molecule has 0 fully saturated rings. The van der Waals surface area contributed by atoms with Crippen LogP contribution in [-0.4, -0.2) is 27.8 Å². The number of aromatic nitrogens is 3. The standard InChI is InChI=1S/C18H17N5O2S/c1-11-15(17(24)22-12-6-3-4-7-13(12)25-2)16(14-8-5-9-26-14)23-18(21-11)19-10-20-23/h3-10,16H,1-2H3,(H,22,24)(H,19,20,21)/t16-/m1/s1. The summed E-state index contributed by atoms with van der Waals surface area (Å²) in [7, 11) is 1.58. The van der Waals surface area contributed by atoms with Crippen LogP contribution < -0.4 is 15.4 Å². The number of thiophene rings is 1. The minimum atomic E-state index is -0.330. The molecular weight excluding hydrogens is 350 g/mol. The minimum Gasteiger partial charge on any atom is -0.495 e. The highest BCUT2D eigenvalue weighted by Gasteiger charge is 2.34. The fourth-order valence-electron chi connectivity index (χ4n) is 3.03. The van der Waals surface area contributed by atoms with E-state index in [4.69, 9.17) is 4.74 Å². The smallest absolute Gasteiger partial charge is 0.256 e. The van der Waals surface area contributed by atoms with E-state index in [0.29, 0.717) is 23.0 Å². The van der Waals surface area contributed by atoms with Crippen molar-refractivity contribution in [3.63, 3.8) is 0 Å². The summed E-state index contributed by atoms with van der Waals surface area (Å²) >= 11 is 1.58. The lowest BCUT2D eigenvalue weighted by Gasteiger charge is -2.27. The van der Waals surface area contributed by atoms with E-state index in [-0.39, 0.29) is 11.9 Å². The van der Waals surface area contributed by atoms with E-state index in [1.54, 1.807) is 23.1 Å². The van der Waals surface area contributed by atoms with Crippen molar-refractivity contribution < 1.29 is 9.53 Å². The molecule has 1 aliphatic heterocycles. The van der Waals surface area contributed by atoms with Gasteiger partial charge in [-0.1, -0.05) is 18.2 Å². The molecule has 132 valence electrons. The molecule has 1 aromatic carbocycles. The largest absolute Gasteiger partial charge is 0.495 e. The summed E-state index contributed by atoms with van der Waals surface area (Å²) in [6.45, 7) is 1.87. The molecule has 0 spiro atoms. The zero-order valence-electron chi connectivity index (χ0n) is 14.3. The average Bonchev–Trinajstić information content (AvgIpc) is 3.32. The van der Waals surface area contributed by atoms with E-state index < -0.39 is 0 Å². The summed E-state index contributed by atoms with van der Waals surface area (Å²) in [6.07, 6.45) is 1.48. The molecular formula is C18H17N5O2S. The Labute approximate surface area is 154 Å². The first-order valence-electron chi connectivity index (χ1n) is 8.04. The van der Waals surface area contributed by atoms with Crippen molar-refractivity contribution in [3.8, 4) is 5.75 Å². The second-order valence-electron chi connectivity index (χ2n) is 5.76. The zero-order valence-corrected chi connectivity index (χ0v) is 15.1. The van der Waals surface area contributed by atoms with E-state index in [1.165, 1.54) is 6.33 Å². The van der Waals surface area contributed by atoms with Crippen molar-refractivity contribution in [2.45, 2.75) is 13.0 Å². The number of benzene rings is 1. The number of nitrogens with one attached hydrogen (secondary N) is 2. The quantitative estimate of drug-likeness (QED) is 0.740. The monoisotopic (exact) mass is 367 g/mol. The summed E-state index contributed by atoms with van der Waals surface area (Å²) in [5.74, 6) is 1.02. The van der Waals surface area contributed by atoms with Gasteiger partial charge in [0.2, 0.25) is 5.95 Å². The third-order valence-electron chi connectivity index (χ3n) is 4.21. The van der Waals surface area contributed by atoms with Gasteiger partial charge in [-0.05, 0) is 30.5 Å². The number of ether oxygens (including phenoxy) is 1. The van der Waals surface area contributed by atoms with Crippen LogP contribution in [-0.2, 0) is 4.79 Å². The summed E-state index contributed by atoms with van der Waals surface area (Å²) in [6, 6.07) is 11.0. The Balaban J connectivity index is 1.74. The van der Waals surface area contributed by atoms with Crippen molar-refractivity contribution in [3.05, 3.63) is 64.3 Å². The van der Waals surface area contributed by atoms with Gasteiger partial charge in [0.1, 0.15) is 18.1 Å². The topological polar surface area (TPSA) is 81.1 Å². The third kappa shape index (κ3) is 2.74. The molecule has 3 heterocycles. The molecule has 0 bridgehead atoms. The number of hydrogen-bond donors (Lipinski definition) is 2. The maximum absolute atomic E-state index is 13.2. The maximum atomic E-state index is 13.2. The van der Waals surface area contributed by atoms with Gasteiger partial charge in [0.15, 0.2) is 0 Å². The molecule has 2 N–H and O–H groups in total. The van der Waals surface area contributed by atoms with Gasteiger partial charge >= 0.3 is 0 Å². The zero-order chi connectivity index (χ0) is 18.1. The fraction of sp³-hybridized carbons (Fsp3) is 0.167. The molecule has 0 aliphatic carbocycles. The molecule has 3 aromatic rings. The van der Waals surface area contributed by atoms with E-state index in [1.807, 2.05) is 48.7 Å². The third-order valence-corrected chi connectivity index (χ3v) is 5.13. The number of hydrogen-bond acceptors (Lipinski definition) is 6. The van der Waals surface area contributed by atoms with Crippen molar-refractivity contribution in [1.82, 2.24) is 14.8 Å². The Morgan fingerprint density at radius 3 is 2.92 bits per heavy atom. The lowest BCUT2D eigenvalue weighted by atomic mass is 10.0. The van der Waals surface area contributed by atoms with Crippen molar-refractivity contribution in [1.29, 1.82) is 0 Å². The first-order chi connectivity index (χ1) is 12.7. The van der Waals surface area contributed by atoms with Gasteiger partial charge in [-0.3, -0.25) is 4.79 Å². The Kier molecular flexibility index (Phi) is 4.18. The normalized spacial score (nSPS) is 16.0. The van der Waals surface area contributed by atoms with Gasteiger partial charge in [-0.15, -0.1) is 11.3 Å². The highest BCUT2D eigenvalue weighted by molar-refractivity contribution is 7.10. The highest BCUT2D eigenvalue weighted by Crippen LogP contribution is 2.37. The van der Waals surface area contributed by atoms with Crippen molar-refractivity contribution in [2.24, 2.45) is 0 Å². The lowest BCUT2D eigenvalue weighted by molar-refractivity contribution is -0.113. The van der Waals surface area contributed by atoms with Gasteiger partial charge in [0.05, 0.1) is 18.4 Å². The number of allylic oxidation sites excluding steroid dienone is 1. The van der Waals surface area contributed by atoms with E-state index in [9.17, 15) is 4.79 Å². The summed E-state index contributed by atoms with van der Waals surface area (Å²) in [5.41, 5.74) is 1.96. The van der Waals surface area contributed by atoms with Crippen LogP contribution in [0, 0.1) is 0 Å². The Hall–Kier alpha value is -3.13. The first-order valence-corrected chi connectivity index (χ1v) is 8.92. The maximum Gasteiger partial charge on any atom is 0.256 e. The van der Waals surface area contributed by atoms with Crippen molar-refractivity contribution >= 4 is 28.9 Å². The van der Waals surface area contributed by atoms with Crippen LogP contribution in [0.2, 0.25) is 0 Å². The van der Waals surface area contributed by atoms with Crippen LogP contribution in [0.4, 0.5) is 11.6 Å². The number of fused-ring (bicyclic) bond motifs is 1. The van der Waals surface area contributed by atoms with Gasteiger partial charge in [-0.2, -0.15) is 10.1 Å². The Morgan fingerprint density at radius 1 is 1.31 bits per heavy atom. The molecule has 1 atom stereocenters. The number of para-hydroxylation sites is 2. The van der Waals surface area contributed by atoms with Crippen LogP contribution in [0.5, 0.6) is 5.75 Å². The SMILES string of the molecule is COc1ccccc1NC(=O)C1=C(C)Nc2ncnn2[C@@H]1c1cccs1. The number of carbonyl (C=O) groups excluding carboxylic acids is 1. The second-order valence-corrected chi connectivity index (χ2v) is 6.74. The molecule has 1 aliphatic rings. The number of nitrogens with zero attached hydrogens (tertiary/aromatic N) is 3. The number of rotatable bonds is 4. The minimum absolute atomic E-state index is 0.209. The van der Waals surface area contributed by atoms with Crippen LogP contribution in [0.15, 0.2) is 59.4 Å². The summed E-state index contributed by atoms with van der Waals surface area (Å²) in [5, 5.41) is 12.4. The summed E-state index contributed by atoms with van der Waals surface area (Å²) in [4.78, 5) is 18.4. The number of carbonyl (C=O) groups is 1. The Morgan fingerprint density at radius 2 is 2.15 bits per heavy atom. The average molecular weight is 367 g/mol. The van der Waals surface area contributed by atoms with Crippen LogP contribution in [0.25, 0.3) is 0 Å². The van der Waals surface area contributed by atoms with Crippen LogP contribution in [0.1, 0.15) is 17.8 Å². The molecule has 7 nitrogen and oxygen atoms in total. The van der Waals surface area contributed by atoms with Gasteiger partial charge in [-0.25, -0.2) is 4.68 Å². The van der Waals surface area contributed by atoms with Gasteiger partial charge in [0.25, 0.3) is 5.91 Å². The van der Waals surface area contributed by atoms with E-state index in [0.717, 1.165) is 10.6 Å². The highest BCUT2D eigenvalue weighted by atomic mass is 32.1. The number of amides is 1. The molecule has 0 unspecified atom stereocenters. The fourth-order valence-corrected chi connectivity index (χ4v) is 3.85. The van der Waals surface area contributed by atoms with E-state index in [2.05, 4.69) is 20.7 Å². The molecule has 0 radical (unpaired) electrons. The molecule has 26 heavy (non-hydrogen) atoms. The molecule has 0 saturated carbocycles. The predicted octanol–water partition coefficient (Wildman–Crippen LogP) is 3.28. The second kappa shape index (κ2) is 6.64. The molecule has 2 aromatic heterocycles. The van der Waals surface area contributed by atoms with E-state index >= 15 is 0 Å². The first kappa shape index (κ1) is 16.3. The Bertz CT molecular complexity index is 977. The van der Waals surface area contributed by atoms with Gasteiger partial charge in [0, 0.05) is 10.6 Å². The molecule has 4 rings (SSSR count). The lowest BCUT2D eigenvalue weighted by Crippen LogP contribution is -2.31. The predicted molar refractivity (Wildman–Crippen MR) is 100 cm³/mol. The van der Waals surface area contributed by atoms with Crippen molar-refractivity contribution in [2.75, 3.05) is 17.7 Å². The number of methoxy groups -OCH3 is 1. The molecule has 1 amide bonds. The number of anilines is 2. The van der Waals surface area contributed by atoms with Crippen LogP contribution >= 0.6 is 11.3 Å². The van der Waals surface area contributed by atoms with Gasteiger partial charge < -0.3 is 15.4 Å². The molecule has 0 saturated heterocycles. The van der Waals surface area contributed by atoms with Crippen LogP contribution in [0.3, 0.4) is 0 Å².